The van der Waals surface area contributed by atoms with Crippen molar-refractivity contribution in [2.75, 3.05) is 19.3 Å². The Kier molecular flexibility index (Phi) is 8.74. The van der Waals surface area contributed by atoms with E-state index in [1.54, 1.807) is 10.9 Å². The first kappa shape index (κ1) is 24.6. The summed E-state index contributed by atoms with van der Waals surface area (Å²) >= 11 is 0. The molecule has 33 heavy (non-hydrogen) atoms. The van der Waals surface area contributed by atoms with E-state index in [0.29, 0.717) is 55.0 Å². The van der Waals surface area contributed by atoms with Crippen molar-refractivity contribution in [3.05, 3.63) is 12.2 Å². The minimum absolute atomic E-state index is 0.221. The maximum absolute atomic E-state index is 11.0. The van der Waals surface area contributed by atoms with Crippen LogP contribution in [-0.2, 0) is 14.3 Å². The van der Waals surface area contributed by atoms with E-state index in [-0.39, 0.29) is 18.0 Å². The predicted molar refractivity (Wildman–Crippen MR) is 123 cm³/mol. The van der Waals surface area contributed by atoms with Crippen LogP contribution in [0.3, 0.4) is 0 Å². The first-order chi connectivity index (χ1) is 16.0. The number of aromatic nitrogens is 4. The second-order valence-electron chi connectivity index (χ2n) is 8.37. The number of hydrogen-bond donors (Lipinski definition) is 3. The van der Waals surface area contributed by atoms with E-state index in [9.17, 15) is 9.59 Å². The number of hydrogen-bond acceptors (Lipinski definition) is 8. The fraction of sp³-hybridized carbons (Fsp3) is 0.609. The number of nitrogens with two attached hydrogens (primary N) is 1. The summed E-state index contributed by atoms with van der Waals surface area (Å²) in [5, 5.41) is 12.0. The SMILES string of the molecule is CCNC.Nc1nc(C#CCC2CCC(C(=O)O)CC2)nc2c1ncn2C1CCC(C=O)O1. The van der Waals surface area contributed by atoms with Gasteiger partial charge in [0.2, 0.25) is 5.82 Å². The van der Waals surface area contributed by atoms with Gasteiger partial charge < -0.3 is 25.7 Å². The van der Waals surface area contributed by atoms with Crippen molar-refractivity contribution in [1.29, 1.82) is 0 Å². The monoisotopic (exact) mass is 456 g/mol. The number of nitrogen functional groups attached to an aromatic ring is 1. The molecule has 1 saturated heterocycles. The van der Waals surface area contributed by atoms with Gasteiger partial charge in [0.1, 0.15) is 24.1 Å². The van der Waals surface area contributed by atoms with Gasteiger partial charge in [-0.05, 0) is 64.0 Å². The zero-order chi connectivity index (χ0) is 23.8. The second kappa shape index (κ2) is 11.7. The highest BCUT2D eigenvalue weighted by Gasteiger charge is 2.28. The maximum atomic E-state index is 11.0. The molecule has 1 aliphatic carbocycles. The van der Waals surface area contributed by atoms with Crippen LogP contribution in [0, 0.1) is 23.7 Å². The van der Waals surface area contributed by atoms with Crippen molar-refractivity contribution in [3.8, 4) is 11.8 Å². The van der Waals surface area contributed by atoms with Gasteiger partial charge in [0.25, 0.3) is 0 Å². The summed E-state index contributed by atoms with van der Waals surface area (Å²) in [6, 6.07) is 0. The lowest BCUT2D eigenvalue weighted by Crippen LogP contribution is -2.21. The minimum atomic E-state index is -0.700. The Morgan fingerprint density at radius 1 is 1.30 bits per heavy atom. The molecule has 2 aromatic rings. The van der Waals surface area contributed by atoms with E-state index < -0.39 is 12.1 Å². The van der Waals surface area contributed by atoms with Crippen LogP contribution in [0.4, 0.5) is 5.82 Å². The number of aliphatic carboxylic acids is 1. The highest BCUT2D eigenvalue weighted by Crippen LogP contribution is 2.31. The van der Waals surface area contributed by atoms with Gasteiger partial charge in [0.05, 0.1) is 12.2 Å². The number of carboxylic acid groups (broad SMARTS) is 1. The lowest BCUT2D eigenvalue weighted by Gasteiger charge is -2.24. The molecule has 0 amide bonds. The summed E-state index contributed by atoms with van der Waals surface area (Å²) in [5.74, 6) is 6.15. The van der Waals surface area contributed by atoms with Crippen LogP contribution in [0.2, 0.25) is 0 Å². The third kappa shape index (κ3) is 6.27. The number of aldehydes is 1. The van der Waals surface area contributed by atoms with E-state index in [2.05, 4.69) is 39.0 Å². The van der Waals surface area contributed by atoms with Crippen LogP contribution in [0.25, 0.3) is 11.2 Å². The fourth-order valence-electron chi connectivity index (χ4n) is 4.04. The van der Waals surface area contributed by atoms with Crippen LogP contribution in [0.15, 0.2) is 6.33 Å². The molecule has 2 fully saturated rings. The van der Waals surface area contributed by atoms with Gasteiger partial charge in [-0.1, -0.05) is 12.8 Å². The molecule has 4 N–H and O–H groups in total. The normalized spacial score (nSPS) is 24.4. The average Bonchev–Trinajstić information content (AvgIpc) is 3.46. The van der Waals surface area contributed by atoms with Gasteiger partial charge in [-0.25, -0.2) is 15.0 Å². The molecule has 3 heterocycles. The van der Waals surface area contributed by atoms with Crippen LogP contribution in [0.1, 0.15) is 63.9 Å². The highest BCUT2D eigenvalue weighted by atomic mass is 16.5. The van der Waals surface area contributed by atoms with Gasteiger partial charge in [-0.15, -0.1) is 0 Å². The van der Waals surface area contributed by atoms with Crippen molar-refractivity contribution in [3.63, 3.8) is 0 Å². The average molecular weight is 457 g/mol. The Morgan fingerprint density at radius 2 is 2.03 bits per heavy atom. The summed E-state index contributed by atoms with van der Waals surface area (Å²) in [6.45, 7) is 3.14. The van der Waals surface area contributed by atoms with Gasteiger partial charge in [-0.3, -0.25) is 9.36 Å². The molecule has 0 spiro atoms. The van der Waals surface area contributed by atoms with E-state index in [1.165, 1.54) is 0 Å². The topological polar surface area (TPSA) is 145 Å². The number of carboxylic acids is 1. The zero-order valence-corrected chi connectivity index (χ0v) is 19.2. The smallest absolute Gasteiger partial charge is 0.306 e. The lowest BCUT2D eigenvalue weighted by atomic mass is 9.81. The molecule has 4 rings (SSSR count). The predicted octanol–water partition coefficient (Wildman–Crippen LogP) is 2.14. The molecule has 178 valence electrons. The lowest BCUT2D eigenvalue weighted by molar-refractivity contribution is -0.143. The molecule has 1 aliphatic heterocycles. The molecular formula is C23H32N6O4. The number of nitrogens with one attached hydrogen (secondary N) is 1. The molecule has 2 unspecified atom stereocenters. The number of ether oxygens (including phenoxy) is 1. The number of fused-ring (bicyclic) bond motifs is 1. The van der Waals surface area contributed by atoms with Crippen LogP contribution >= 0.6 is 0 Å². The molecule has 2 aliphatic rings. The van der Waals surface area contributed by atoms with E-state index in [0.717, 1.165) is 25.7 Å². The van der Waals surface area contributed by atoms with Gasteiger partial charge in [-0.2, -0.15) is 0 Å². The number of carbonyl (C=O) groups is 2. The number of rotatable bonds is 5. The van der Waals surface area contributed by atoms with Crippen LogP contribution in [-0.4, -0.2) is 56.6 Å². The van der Waals surface area contributed by atoms with Gasteiger partial charge >= 0.3 is 5.97 Å². The highest BCUT2D eigenvalue weighted by molar-refractivity contribution is 5.82. The van der Waals surface area contributed by atoms with Gasteiger partial charge in [0.15, 0.2) is 11.5 Å². The number of carbonyl (C=O) groups excluding carboxylic acids is 1. The first-order valence-electron chi connectivity index (χ1n) is 11.4. The quantitative estimate of drug-likeness (QED) is 0.455. The first-order valence-corrected chi connectivity index (χ1v) is 11.4. The zero-order valence-electron chi connectivity index (χ0n) is 19.2. The number of imidazole rings is 1. The number of anilines is 1. The fourth-order valence-corrected chi connectivity index (χ4v) is 4.04. The molecular weight excluding hydrogens is 424 g/mol. The third-order valence-corrected chi connectivity index (χ3v) is 6.08. The largest absolute Gasteiger partial charge is 0.481 e. The Labute approximate surface area is 193 Å². The molecule has 10 nitrogen and oxygen atoms in total. The summed E-state index contributed by atoms with van der Waals surface area (Å²) in [4.78, 5) is 35.0. The molecule has 2 atom stereocenters. The number of nitrogens with zero attached hydrogens (tertiary/aromatic N) is 4. The summed E-state index contributed by atoms with van der Waals surface area (Å²) in [6.07, 6.45) is 6.88. The van der Waals surface area contributed by atoms with Crippen molar-refractivity contribution < 1.29 is 19.4 Å². The Hall–Kier alpha value is -3.03. The maximum Gasteiger partial charge on any atom is 0.306 e. The standard InChI is InChI=1S/C20H23N5O4.C3H9N/c21-18-17-19(25(11-22-17)16-9-8-14(10-26)29-16)24-15(23-18)3-1-2-12-4-6-13(7-5-12)20(27)28;1-3-4-2/h10-14,16H,2,4-9H2,(H,27,28)(H2,21,23,24);4H,3H2,1-2H3. The van der Waals surface area contributed by atoms with Crippen LogP contribution < -0.4 is 11.1 Å². The minimum Gasteiger partial charge on any atom is -0.481 e. The Balaban J connectivity index is 0.000000709. The van der Waals surface area contributed by atoms with Crippen molar-refractivity contribution >= 4 is 29.2 Å². The summed E-state index contributed by atoms with van der Waals surface area (Å²) in [7, 11) is 1.93. The van der Waals surface area contributed by atoms with E-state index in [1.807, 2.05) is 7.05 Å². The van der Waals surface area contributed by atoms with Crippen LogP contribution in [0.5, 0.6) is 0 Å². The molecule has 0 radical (unpaired) electrons. The van der Waals surface area contributed by atoms with Crippen molar-refractivity contribution in [2.45, 2.75) is 64.2 Å². The molecule has 10 heteroatoms. The van der Waals surface area contributed by atoms with Crippen molar-refractivity contribution in [2.24, 2.45) is 11.8 Å². The van der Waals surface area contributed by atoms with E-state index in [4.69, 9.17) is 15.6 Å². The van der Waals surface area contributed by atoms with E-state index >= 15 is 0 Å². The Bertz CT molecular complexity index is 1020. The van der Waals surface area contributed by atoms with Crippen molar-refractivity contribution in [1.82, 2.24) is 24.8 Å². The molecule has 0 bridgehead atoms. The molecule has 1 saturated carbocycles. The van der Waals surface area contributed by atoms with Gasteiger partial charge in [0, 0.05) is 6.42 Å². The summed E-state index contributed by atoms with van der Waals surface area (Å²) in [5.41, 5.74) is 7.06. The third-order valence-electron chi connectivity index (χ3n) is 6.08. The summed E-state index contributed by atoms with van der Waals surface area (Å²) < 4.78 is 7.48. The molecule has 0 aromatic carbocycles. The second-order valence-corrected chi connectivity index (χ2v) is 8.37. The Morgan fingerprint density at radius 3 is 2.64 bits per heavy atom. The molecule has 2 aromatic heterocycles.